The van der Waals surface area contributed by atoms with Crippen LogP contribution in [-0.2, 0) is 24.1 Å². The van der Waals surface area contributed by atoms with Gasteiger partial charge in [0.2, 0.25) is 0 Å². The Labute approximate surface area is 205 Å². The van der Waals surface area contributed by atoms with Crippen molar-refractivity contribution in [1.29, 1.82) is 5.26 Å². The van der Waals surface area contributed by atoms with Crippen molar-refractivity contribution in [2.24, 2.45) is 11.8 Å². The smallest absolute Gasteiger partial charge is 0.309 e. The summed E-state index contributed by atoms with van der Waals surface area (Å²) in [5.41, 5.74) is 6.26. The first kappa shape index (κ1) is 24.1. The molecule has 176 valence electrons. The van der Waals surface area contributed by atoms with Gasteiger partial charge in [0.25, 0.3) is 0 Å². The molecule has 0 radical (unpaired) electrons. The largest absolute Gasteiger partial charge is 0.481 e. The zero-order chi connectivity index (χ0) is 24.2. The van der Waals surface area contributed by atoms with Crippen molar-refractivity contribution >= 4 is 17.5 Å². The summed E-state index contributed by atoms with van der Waals surface area (Å²) in [6.45, 7) is 8.58. The number of aliphatic carboxylic acids is 1. The number of hydrogen-bond donors (Lipinski definition) is 1. The van der Waals surface area contributed by atoms with Gasteiger partial charge in [-0.15, -0.1) is 0 Å². The lowest BCUT2D eigenvalue weighted by Gasteiger charge is -2.36. The maximum atomic E-state index is 11.0. The Morgan fingerprint density at radius 2 is 2.06 bits per heavy atom. The molecular formula is C27H30N4O2S. The van der Waals surface area contributed by atoms with E-state index in [0.29, 0.717) is 24.6 Å². The van der Waals surface area contributed by atoms with Crippen LogP contribution in [0.3, 0.4) is 0 Å². The van der Waals surface area contributed by atoms with Gasteiger partial charge in [-0.2, -0.15) is 9.64 Å². The standard InChI is InChI=1S/C27H30N4O2S/c1-4-23-18(10-11-31-15-22(16-31)27(32)33)6-5-7-24(23)25-29-26(34-30-25)20-9-8-19(12-17(2)3)21(13-20)14-28/h5-9,13,17,22H,4,10-12,15-16H2,1-3H3,(H,32,33). The van der Waals surface area contributed by atoms with Crippen LogP contribution < -0.4 is 0 Å². The molecule has 1 saturated heterocycles. The normalized spacial score (nSPS) is 14.2. The second-order valence-electron chi connectivity index (χ2n) is 9.35. The number of likely N-dealkylation sites (tertiary alicyclic amines) is 1. The SMILES string of the molecule is CCc1c(CCN2CC(C(=O)O)C2)cccc1-c1nsc(-c2ccc(CC(C)C)c(C#N)c2)n1. The van der Waals surface area contributed by atoms with E-state index in [1.165, 1.54) is 22.7 Å². The van der Waals surface area contributed by atoms with Crippen LogP contribution in [0.1, 0.15) is 43.0 Å². The number of carboxylic acid groups (broad SMARTS) is 1. The highest BCUT2D eigenvalue weighted by Gasteiger charge is 2.32. The molecule has 0 aliphatic carbocycles. The number of aromatic nitrogens is 2. The van der Waals surface area contributed by atoms with Crippen molar-refractivity contribution in [3.63, 3.8) is 0 Å². The van der Waals surface area contributed by atoms with Crippen molar-refractivity contribution in [3.05, 3.63) is 58.7 Å². The number of rotatable bonds is 9. The summed E-state index contributed by atoms with van der Waals surface area (Å²) < 4.78 is 4.66. The van der Waals surface area contributed by atoms with Crippen molar-refractivity contribution in [3.8, 4) is 28.0 Å². The van der Waals surface area contributed by atoms with Crippen LogP contribution in [0.15, 0.2) is 36.4 Å². The van der Waals surface area contributed by atoms with Crippen LogP contribution in [0.5, 0.6) is 0 Å². The van der Waals surface area contributed by atoms with Gasteiger partial charge in [0, 0.05) is 30.8 Å². The van der Waals surface area contributed by atoms with E-state index in [0.717, 1.165) is 53.3 Å². The van der Waals surface area contributed by atoms with Gasteiger partial charge >= 0.3 is 5.97 Å². The van der Waals surface area contributed by atoms with Gasteiger partial charge in [-0.3, -0.25) is 4.79 Å². The molecule has 0 amide bonds. The van der Waals surface area contributed by atoms with Crippen LogP contribution in [0.2, 0.25) is 0 Å². The van der Waals surface area contributed by atoms with E-state index in [9.17, 15) is 10.1 Å². The summed E-state index contributed by atoms with van der Waals surface area (Å²) in [6.07, 6.45) is 2.63. The van der Waals surface area contributed by atoms with Crippen molar-refractivity contribution < 1.29 is 9.90 Å². The Bertz CT molecular complexity index is 1220. The molecule has 7 heteroatoms. The number of nitriles is 1. The highest BCUT2D eigenvalue weighted by molar-refractivity contribution is 7.09. The Morgan fingerprint density at radius 3 is 2.74 bits per heavy atom. The molecule has 2 heterocycles. The van der Waals surface area contributed by atoms with E-state index in [1.54, 1.807) is 0 Å². The quantitative estimate of drug-likeness (QED) is 0.466. The molecule has 1 aliphatic heterocycles. The predicted molar refractivity (Wildman–Crippen MR) is 135 cm³/mol. The molecule has 34 heavy (non-hydrogen) atoms. The summed E-state index contributed by atoms with van der Waals surface area (Å²) >= 11 is 1.36. The Balaban J connectivity index is 1.54. The summed E-state index contributed by atoms with van der Waals surface area (Å²) in [4.78, 5) is 18.1. The molecule has 0 unspecified atom stereocenters. The van der Waals surface area contributed by atoms with Gasteiger partial charge in [0.05, 0.1) is 17.6 Å². The number of nitrogens with zero attached hydrogens (tertiary/aromatic N) is 4. The second-order valence-corrected chi connectivity index (χ2v) is 10.1. The highest BCUT2D eigenvalue weighted by Crippen LogP contribution is 2.31. The van der Waals surface area contributed by atoms with Crippen LogP contribution >= 0.6 is 11.5 Å². The first-order chi connectivity index (χ1) is 16.4. The summed E-state index contributed by atoms with van der Waals surface area (Å²) in [6, 6.07) is 14.6. The molecule has 1 fully saturated rings. The third-order valence-corrected chi connectivity index (χ3v) is 7.17. The average molecular weight is 475 g/mol. The maximum absolute atomic E-state index is 11.0. The zero-order valence-electron chi connectivity index (χ0n) is 19.9. The van der Waals surface area contributed by atoms with Gasteiger partial charge in [-0.1, -0.05) is 51.1 Å². The van der Waals surface area contributed by atoms with Crippen LogP contribution in [0, 0.1) is 23.2 Å². The molecule has 0 atom stereocenters. The molecule has 1 aromatic heterocycles. The Kier molecular flexibility index (Phi) is 7.40. The molecule has 0 spiro atoms. The fourth-order valence-electron chi connectivity index (χ4n) is 4.56. The molecule has 0 bridgehead atoms. The Hall–Kier alpha value is -3.08. The van der Waals surface area contributed by atoms with Gasteiger partial charge in [0.1, 0.15) is 5.01 Å². The molecular weight excluding hydrogens is 444 g/mol. The van der Waals surface area contributed by atoms with E-state index >= 15 is 0 Å². The van der Waals surface area contributed by atoms with Crippen molar-refractivity contribution in [2.45, 2.75) is 40.0 Å². The van der Waals surface area contributed by atoms with E-state index in [-0.39, 0.29) is 5.92 Å². The second kappa shape index (κ2) is 10.5. The minimum Gasteiger partial charge on any atom is -0.481 e. The van der Waals surface area contributed by atoms with E-state index in [2.05, 4.69) is 54.3 Å². The lowest BCUT2D eigenvalue weighted by atomic mass is 9.94. The topological polar surface area (TPSA) is 90.1 Å². The monoisotopic (exact) mass is 474 g/mol. The molecule has 4 rings (SSSR count). The molecule has 1 aliphatic rings. The van der Waals surface area contributed by atoms with Gasteiger partial charge < -0.3 is 10.0 Å². The van der Waals surface area contributed by atoms with E-state index in [1.807, 2.05) is 18.2 Å². The third kappa shape index (κ3) is 5.19. The molecule has 6 nitrogen and oxygen atoms in total. The average Bonchev–Trinajstić information content (AvgIpc) is 3.27. The van der Waals surface area contributed by atoms with Gasteiger partial charge in [0.15, 0.2) is 5.82 Å². The number of carboxylic acids is 1. The van der Waals surface area contributed by atoms with Crippen LogP contribution in [0.4, 0.5) is 0 Å². The molecule has 0 saturated carbocycles. The first-order valence-corrected chi connectivity index (χ1v) is 12.6. The summed E-state index contributed by atoms with van der Waals surface area (Å²) in [5, 5.41) is 19.5. The van der Waals surface area contributed by atoms with Crippen molar-refractivity contribution in [2.75, 3.05) is 19.6 Å². The van der Waals surface area contributed by atoms with Crippen LogP contribution in [-0.4, -0.2) is 45.0 Å². The lowest BCUT2D eigenvalue weighted by Crippen LogP contribution is -2.50. The zero-order valence-corrected chi connectivity index (χ0v) is 20.7. The number of hydrogen-bond acceptors (Lipinski definition) is 6. The van der Waals surface area contributed by atoms with Gasteiger partial charge in [-0.05, 0) is 59.5 Å². The lowest BCUT2D eigenvalue weighted by molar-refractivity contribution is -0.147. The molecule has 3 aromatic rings. The minimum atomic E-state index is -0.700. The summed E-state index contributed by atoms with van der Waals surface area (Å²) in [5.74, 6) is 0.286. The fraction of sp³-hybridized carbons (Fsp3) is 0.407. The fourth-order valence-corrected chi connectivity index (χ4v) is 5.24. The maximum Gasteiger partial charge on any atom is 0.309 e. The number of carbonyl (C=O) groups is 1. The van der Waals surface area contributed by atoms with Gasteiger partial charge in [-0.25, -0.2) is 4.98 Å². The highest BCUT2D eigenvalue weighted by atomic mass is 32.1. The predicted octanol–water partition coefficient (Wildman–Crippen LogP) is 5.06. The molecule has 2 aromatic carbocycles. The van der Waals surface area contributed by atoms with Crippen LogP contribution in [0.25, 0.3) is 22.0 Å². The van der Waals surface area contributed by atoms with E-state index in [4.69, 9.17) is 10.1 Å². The Morgan fingerprint density at radius 1 is 1.26 bits per heavy atom. The summed E-state index contributed by atoms with van der Waals surface area (Å²) in [7, 11) is 0. The van der Waals surface area contributed by atoms with Crippen molar-refractivity contribution in [1.82, 2.24) is 14.3 Å². The minimum absolute atomic E-state index is 0.226. The number of benzene rings is 2. The molecule has 1 N–H and O–H groups in total. The first-order valence-electron chi connectivity index (χ1n) is 11.8. The van der Waals surface area contributed by atoms with E-state index < -0.39 is 5.97 Å². The third-order valence-electron chi connectivity index (χ3n) is 6.40.